The summed E-state index contributed by atoms with van der Waals surface area (Å²) in [5.74, 6) is -0.771. The van der Waals surface area contributed by atoms with Crippen LogP contribution in [-0.2, 0) is 11.8 Å². The topological polar surface area (TPSA) is 86.3 Å². The molecule has 7 heteroatoms. The van der Waals surface area contributed by atoms with Crippen LogP contribution in [0.1, 0.15) is 27.8 Å². The molecule has 20 heavy (non-hydrogen) atoms. The first-order chi connectivity index (χ1) is 9.52. The van der Waals surface area contributed by atoms with Crippen molar-refractivity contribution < 1.29 is 14.3 Å². The van der Waals surface area contributed by atoms with Crippen LogP contribution in [-0.4, -0.2) is 23.1 Å². The van der Waals surface area contributed by atoms with Gasteiger partial charge in [-0.3, -0.25) is 4.79 Å². The number of anilines is 2. The lowest BCUT2D eigenvalue weighted by Crippen LogP contribution is -2.16. The Labute approximate surface area is 120 Å². The number of rotatable bonds is 4. The summed E-state index contributed by atoms with van der Waals surface area (Å²) in [7, 11) is 1.73. The van der Waals surface area contributed by atoms with Crippen LogP contribution in [0.4, 0.5) is 10.7 Å². The molecule has 6 nitrogen and oxygen atoms in total. The Morgan fingerprint density at radius 2 is 2.25 bits per heavy atom. The summed E-state index contributed by atoms with van der Waals surface area (Å²) in [6, 6.07) is 3.20. The Kier molecular flexibility index (Phi) is 4.09. The van der Waals surface area contributed by atoms with E-state index in [0.717, 1.165) is 0 Å². The standard InChI is InChI=1S/C13H15N3O3S/c1-3-19-13(18)9-4-5-20-12(9)15-11(17)10-6-8(14)7-16(10)2/h4-7H,3,14H2,1-2H3,(H,15,17). The van der Waals surface area contributed by atoms with Crippen molar-refractivity contribution in [3.05, 3.63) is 35.0 Å². The van der Waals surface area contributed by atoms with Crippen LogP contribution in [0.2, 0.25) is 0 Å². The molecule has 0 bridgehead atoms. The molecule has 0 saturated carbocycles. The van der Waals surface area contributed by atoms with Crippen molar-refractivity contribution in [2.24, 2.45) is 7.05 Å². The minimum Gasteiger partial charge on any atom is -0.462 e. The molecule has 0 radical (unpaired) electrons. The van der Waals surface area contributed by atoms with Crippen molar-refractivity contribution >= 4 is 33.9 Å². The molecule has 1 amide bonds. The highest BCUT2D eigenvalue weighted by molar-refractivity contribution is 7.14. The number of nitrogen functional groups attached to an aromatic ring is 1. The number of carbonyl (C=O) groups excluding carboxylic acids is 2. The van der Waals surface area contributed by atoms with Crippen molar-refractivity contribution in [2.45, 2.75) is 6.92 Å². The zero-order valence-corrected chi connectivity index (χ0v) is 12.0. The molecule has 2 heterocycles. The molecule has 0 fully saturated rings. The number of nitrogens with zero attached hydrogens (tertiary/aromatic N) is 1. The SMILES string of the molecule is CCOC(=O)c1ccsc1NC(=O)c1cc(N)cn1C. The number of ether oxygens (including phenoxy) is 1. The van der Waals surface area contributed by atoms with Crippen LogP contribution in [0.3, 0.4) is 0 Å². The van der Waals surface area contributed by atoms with Crippen molar-refractivity contribution in [2.75, 3.05) is 17.7 Å². The number of nitrogens with two attached hydrogens (primary N) is 1. The number of amides is 1. The first-order valence-corrected chi connectivity index (χ1v) is 6.88. The minimum atomic E-state index is -0.449. The van der Waals surface area contributed by atoms with Crippen molar-refractivity contribution in [3.63, 3.8) is 0 Å². The summed E-state index contributed by atoms with van der Waals surface area (Å²) in [6.07, 6.45) is 1.65. The lowest BCUT2D eigenvalue weighted by atomic mass is 10.3. The van der Waals surface area contributed by atoms with Gasteiger partial charge in [0.1, 0.15) is 10.7 Å². The lowest BCUT2D eigenvalue weighted by Gasteiger charge is -2.06. The zero-order chi connectivity index (χ0) is 14.7. The van der Waals surface area contributed by atoms with Crippen LogP contribution < -0.4 is 11.1 Å². The molecule has 106 valence electrons. The third-order valence-corrected chi connectivity index (χ3v) is 3.48. The van der Waals surface area contributed by atoms with Gasteiger partial charge in [0, 0.05) is 13.2 Å². The first kappa shape index (κ1) is 14.1. The summed E-state index contributed by atoms with van der Waals surface area (Å²) < 4.78 is 6.56. The third-order valence-electron chi connectivity index (χ3n) is 2.65. The number of aromatic nitrogens is 1. The first-order valence-electron chi connectivity index (χ1n) is 6.00. The van der Waals surface area contributed by atoms with E-state index in [1.54, 1.807) is 42.2 Å². The normalized spacial score (nSPS) is 10.3. The molecule has 0 aromatic carbocycles. The number of hydrogen-bond donors (Lipinski definition) is 2. The van der Waals surface area contributed by atoms with Crippen LogP contribution in [0.15, 0.2) is 23.7 Å². The van der Waals surface area contributed by atoms with Gasteiger partial charge in [0.05, 0.1) is 17.9 Å². The fourth-order valence-corrected chi connectivity index (χ4v) is 2.53. The summed E-state index contributed by atoms with van der Waals surface area (Å²) in [5, 5.41) is 4.89. The number of hydrogen-bond acceptors (Lipinski definition) is 5. The number of esters is 1. The second kappa shape index (κ2) is 5.79. The molecular weight excluding hydrogens is 278 g/mol. The third kappa shape index (κ3) is 2.83. The second-order valence-corrected chi connectivity index (χ2v) is 5.02. The highest BCUT2D eigenvalue weighted by Crippen LogP contribution is 2.25. The largest absolute Gasteiger partial charge is 0.462 e. The van der Waals surface area contributed by atoms with Gasteiger partial charge in [-0.05, 0) is 24.4 Å². The van der Waals surface area contributed by atoms with Gasteiger partial charge < -0.3 is 20.4 Å². The van der Waals surface area contributed by atoms with E-state index in [0.29, 0.717) is 21.9 Å². The Hall–Kier alpha value is -2.28. The van der Waals surface area contributed by atoms with Gasteiger partial charge in [0.25, 0.3) is 5.91 Å². The highest BCUT2D eigenvalue weighted by Gasteiger charge is 2.18. The van der Waals surface area contributed by atoms with Crippen LogP contribution in [0.5, 0.6) is 0 Å². The molecule has 0 aliphatic rings. The minimum absolute atomic E-state index is 0.288. The zero-order valence-electron chi connectivity index (χ0n) is 11.2. The van der Waals surface area contributed by atoms with Crippen LogP contribution in [0, 0.1) is 0 Å². The summed E-state index contributed by atoms with van der Waals surface area (Å²) in [6.45, 7) is 2.02. The number of nitrogens with one attached hydrogen (secondary N) is 1. The molecular formula is C13H15N3O3S. The van der Waals surface area contributed by atoms with Gasteiger partial charge in [-0.25, -0.2) is 4.79 Å². The molecule has 2 aromatic heterocycles. The van der Waals surface area contributed by atoms with Crippen LogP contribution >= 0.6 is 11.3 Å². The average Bonchev–Trinajstić information content (AvgIpc) is 2.96. The Morgan fingerprint density at radius 3 is 2.85 bits per heavy atom. The smallest absolute Gasteiger partial charge is 0.341 e. The van der Waals surface area contributed by atoms with Crippen molar-refractivity contribution in [1.29, 1.82) is 0 Å². The van der Waals surface area contributed by atoms with E-state index in [2.05, 4.69) is 5.32 Å². The van der Waals surface area contributed by atoms with Gasteiger partial charge in [-0.1, -0.05) is 0 Å². The molecule has 0 saturated heterocycles. The molecule has 0 aliphatic carbocycles. The van der Waals surface area contributed by atoms with Gasteiger partial charge in [-0.15, -0.1) is 11.3 Å². The predicted molar refractivity (Wildman–Crippen MR) is 78.1 cm³/mol. The summed E-state index contributed by atoms with van der Waals surface area (Å²) >= 11 is 1.27. The Bertz CT molecular complexity index is 645. The van der Waals surface area contributed by atoms with Gasteiger partial charge in [0.15, 0.2) is 0 Å². The second-order valence-electron chi connectivity index (χ2n) is 4.11. The van der Waals surface area contributed by atoms with E-state index < -0.39 is 5.97 Å². The van der Waals surface area contributed by atoms with Crippen molar-refractivity contribution in [1.82, 2.24) is 4.57 Å². The summed E-state index contributed by atoms with van der Waals surface area (Å²) in [4.78, 5) is 23.9. The van der Waals surface area contributed by atoms with Gasteiger partial charge in [0.2, 0.25) is 0 Å². The maximum Gasteiger partial charge on any atom is 0.341 e. The van der Waals surface area contributed by atoms with E-state index >= 15 is 0 Å². The number of aryl methyl sites for hydroxylation is 1. The fourth-order valence-electron chi connectivity index (χ4n) is 1.76. The van der Waals surface area contributed by atoms with Crippen molar-refractivity contribution in [3.8, 4) is 0 Å². The molecule has 3 N–H and O–H groups in total. The van der Waals surface area contributed by atoms with Gasteiger partial charge in [-0.2, -0.15) is 0 Å². The number of thiophene rings is 1. The molecule has 0 aliphatic heterocycles. The van der Waals surface area contributed by atoms with E-state index in [1.807, 2.05) is 0 Å². The highest BCUT2D eigenvalue weighted by atomic mass is 32.1. The van der Waals surface area contributed by atoms with E-state index in [-0.39, 0.29) is 12.5 Å². The Balaban J connectivity index is 2.19. The molecule has 2 aromatic rings. The van der Waals surface area contributed by atoms with Crippen LogP contribution in [0.25, 0.3) is 0 Å². The predicted octanol–water partition coefficient (Wildman–Crippen LogP) is 2.10. The van der Waals surface area contributed by atoms with E-state index in [4.69, 9.17) is 10.5 Å². The van der Waals surface area contributed by atoms with E-state index in [9.17, 15) is 9.59 Å². The summed E-state index contributed by atoms with van der Waals surface area (Å²) in [5.41, 5.74) is 6.92. The van der Waals surface area contributed by atoms with Gasteiger partial charge >= 0.3 is 5.97 Å². The fraction of sp³-hybridized carbons (Fsp3) is 0.231. The Morgan fingerprint density at radius 1 is 1.50 bits per heavy atom. The monoisotopic (exact) mass is 293 g/mol. The maximum atomic E-state index is 12.1. The molecule has 0 spiro atoms. The van der Waals surface area contributed by atoms with E-state index in [1.165, 1.54) is 11.3 Å². The molecule has 0 atom stereocenters. The molecule has 0 unspecified atom stereocenters. The average molecular weight is 293 g/mol. The lowest BCUT2D eigenvalue weighted by molar-refractivity contribution is 0.0528. The molecule has 2 rings (SSSR count). The quantitative estimate of drug-likeness (QED) is 0.845. The maximum absolute atomic E-state index is 12.1. The number of carbonyl (C=O) groups is 2.